The molecule has 156 valence electrons. The smallest absolute Gasteiger partial charge is 0.261 e. The molecule has 0 fully saturated rings. The maximum absolute atomic E-state index is 13.3. The first-order chi connectivity index (χ1) is 15.0. The molecule has 0 atom stereocenters. The van der Waals surface area contributed by atoms with Crippen LogP contribution in [-0.4, -0.2) is 21.8 Å². The Morgan fingerprint density at radius 3 is 2.65 bits per heavy atom. The summed E-state index contributed by atoms with van der Waals surface area (Å²) in [5, 5.41) is 10.4. The Morgan fingerprint density at radius 1 is 1.06 bits per heavy atom. The summed E-state index contributed by atoms with van der Waals surface area (Å²) in [6.07, 6.45) is 4.42. The molecule has 0 amide bonds. The van der Waals surface area contributed by atoms with Gasteiger partial charge in [0, 0.05) is 10.1 Å². The van der Waals surface area contributed by atoms with Crippen LogP contribution in [0.3, 0.4) is 0 Å². The number of ether oxygens (including phenoxy) is 1. The fourth-order valence-corrected chi connectivity index (χ4v) is 3.90. The Balaban J connectivity index is 1.76. The second-order valence-corrected chi connectivity index (χ2v) is 8.33. The molecule has 3 aromatic carbocycles. The van der Waals surface area contributed by atoms with Crippen molar-refractivity contribution in [3.8, 4) is 11.5 Å². The molecule has 0 saturated heterocycles. The van der Waals surface area contributed by atoms with Crippen LogP contribution < -0.4 is 10.3 Å². The minimum absolute atomic E-state index is 0.0533. The van der Waals surface area contributed by atoms with Crippen molar-refractivity contribution in [2.75, 3.05) is 7.11 Å². The Labute approximate surface area is 193 Å². The van der Waals surface area contributed by atoms with Gasteiger partial charge in [-0.05, 0) is 76.5 Å². The van der Waals surface area contributed by atoms with E-state index in [0.29, 0.717) is 29.0 Å². The van der Waals surface area contributed by atoms with Crippen LogP contribution in [0.2, 0.25) is 0 Å². The van der Waals surface area contributed by atoms with Gasteiger partial charge in [-0.15, -0.1) is 0 Å². The van der Waals surface area contributed by atoms with Crippen LogP contribution in [0.1, 0.15) is 17.0 Å². The van der Waals surface area contributed by atoms with E-state index in [1.54, 1.807) is 22.8 Å². The predicted molar refractivity (Wildman–Crippen MR) is 132 cm³/mol. The number of hydrogen-bond acceptors (Lipinski definition) is 4. The van der Waals surface area contributed by atoms with Crippen molar-refractivity contribution in [3.63, 3.8) is 0 Å². The van der Waals surface area contributed by atoms with Gasteiger partial charge in [-0.2, -0.15) is 0 Å². The van der Waals surface area contributed by atoms with Crippen molar-refractivity contribution in [2.45, 2.75) is 13.0 Å². The highest BCUT2D eigenvalue weighted by molar-refractivity contribution is 14.1. The highest BCUT2D eigenvalue weighted by atomic mass is 127. The molecular weight excluding hydrogens is 503 g/mol. The van der Waals surface area contributed by atoms with E-state index in [9.17, 15) is 9.90 Å². The van der Waals surface area contributed by atoms with Crippen LogP contribution in [-0.2, 0) is 13.0 Å². The van der Waals surface area contributed by atoms with Crippen LogP contribution in [0.5, 0.6) is 11.5 Å². The third-order valence-electron chi connectivity index (χ3n) is 5.04. The fourth-order valence-electron chi connectivity index (χ4n) is 3.41. The maximum atomic E-state index is 13.3. The predicted octanol–water partition coefficient (Wildman–Crippen LogP) is 5.13. The normalized spacial score (nSPS) is 11.3. The van der Waals surface area contributed by atoms with Crippen LogP contribution in [0.15, 0.2) is 71.5 Å². The van der Waals surface area contributed by atoms with E-state index in [1.807, 2.05) is 48.6 Å². The molecule has 0 aliphatic carbocycles. The molecule has 0 unspecified atom stereocenters. The van der Waals surface area contributed by atoms with Crippen molar-refractivity contribution >= 4 is 45.6 Å². The molecule has 4 rings (SSSR count). The number of halogens is 1. The van der Waals surface area contributed by atoms with Crippen LogP contribution in [0, 0.1) is 3.57 Å². The number of benzene rings is 3. The average molecular weight is 524 g/mol. The fraction of sp³-hybridized carbons (Fsp3) is 0.120. The minimum atomic E-state index is -0.0533. The Bertz CT molecular complexity index is 1310. The highest BCUT2D eigenvalue weighted by Gasteiger charge is 2.10. The summed E-state index contributed by atoms with van der Waals surface area (Å²) < 4.78 is 7.90. The van der Waals surface area contributed by atoms with Crippen molar-refractivity contribution in [2.24, 2.45) is 0 Å². The zero-order valence-corrected chi connectivity index (χ0v) is 19.1. The molecule has 4 aromatic rings. The standard InChI is InChI=1S/C25H21IN2O3/c1-31-23-15-18(7-11-22(23)29)8-12-24-27-21-10-9-19(26)16-20(21)25(30)28(24)14-13-17-5-3-2-4-6-17/h2-12,15-16,29H,13-14H2,1H3/b12-8+. The lowest BCUT2D eigenvalue weighted by molar-refractivity contribution is 0.373. The third-order valence-corrected chi connectivity index (χ3v) is 5.71. The van der Waals surface area contributed by atoms with Gasteiger partial charge in [0.25, 0.3) is 5.56 Å². The number of methoxy groups -OCH3 is 1. The molecule has 0 aliphatic heterocycles. The Morgan fingerprint density at radius 2 is 1.87 bits per heavy atom. The Hall–Kier alpha value is -3.13. The van der Waals surface area contributed by atoms with Gasteiger partial charge in [-0.3, -0.25) is 9.36 Å². The molecule has 0 spiro atoms. The average Bonchev–Trinajstić information content (AvgIpc) is 2.79. The minimum Gasteiger partial charge on any atom is -0.504 e. The van der Waals surface area contributed by atoms with Gasteiger partial charge in [0.05, 0.1) is 18.0 Å². The number of nitrogens with zero attached hydrogens (tertiary/aromatic N) is 2. The largest absolute Gasteiger partial charge is 0.504 e. The molecule has 31 heavy (non-hydrogen) atoms. The van der Waals surface area contributed by atoms with E-state index in [2.05, 4.69) is 34.7 Å². The topological polar surface area (TPSA) is 64.3 Å². The monoisotopic (exact) mass is 524 g/mol. The number of aromatic nitrogens is 2. The third kappa shape index (κ3) is 4.80. The van der Waals surface area contributed by atoms with E-state index in [1.165, 1.54) is 7.11 Å². The second-order valence-electron chi connectivity index (χ2n) is 7.09. The molecular formula is C25H21IN2O3. The van der Waals surface area contributed by atoms with Gasteiger partial charge >= 0.3 is 0 Å². The Kier molecular flexibility index (Phi) is 6.36. The van der Waals surface area contributed by atoms with E-state index >= 15 is 0 Å². The summed E-state index contributed by atoms with van der Waals surface area (Å²) in [4.78, 5) is 18.1. The van der Waals surface area contributed by atoms with Crippen molar-refractivity contribution in [1.82, 2.24) is 9.55 Å². The quantitative estimate of drug-likeness (QED) is 0.356. The van der Waals surface area contributed by atoms with Gasteiger partial charge in [0.15, 0.2) is 11.5 Å². The maximum Gasteiger partial charge on any atom is 0.261 e. The number of hydrogen-bond donors (Lipinski definition) is 1. The molecule has 1 N–H and O–H groups in total. The first-order valence-corrected chi connectivity index (χ1v) is 10.9. The van der Waals surface area contributed by atoms with Crippen molar-refractivity contribution < 1.29 is 9.84 Å². The summed E-state index contributed by atoms with van der Waals surface area (Å²) in [6, 6.07) is 20.9. The zero-order chi connectivity index (χ0) is 21.8. The number of aryl methyl sites for hydroxylation is 1. The molecule has 6 heteroatoms. The zero-order valence-electron chi connectivity index (χ0n) is 17.0. The van der Waals surface area contributed by atoms with Gasteiger partial charge < -0.3 is 9.84 Å². The molecule has 1 heterocycles. The number of rotatable bonds is 6. The molecule has 5 nitrogen and oxygen atoms in total. The lowest BCUT2D eigenvalue weighted by Gasteiger charge is -2.12. The summed E-state index contributed by atoms with van der Waals surface area (Å²) in [5.41, 5.74) is 2.61. The highest BCUT2D eigenvalue weighted by Crippen LogP contribution is 2.27. The van der Waals surface area contributed by atoms with Gasteiger partial charge in [0.2, 0.25) is 0 Å². The first kappa shape index (κ1) is 21.1. The van der Waals surface area contributed by atoms with Gasteiger partial charge in [-0.1, -0.05) is 42.5 Å². The lowest BCUT2D eigenvalue weighted by Crippen LogP contribution is -2.25. The molecule has 0 radical (unpaired) electrons. The van der Waals surface area contributed by atoms with Gasteiger partial charge in [-0.25, -0.2) is 4.98 Å². The number of fused-ring (bicyclic) bond motifs is 1. The van der Waals surface area contributed by atoms with E-state index in [-0.39, 0.29) is 11.3 Å². The molecule has 1 aromatic heterocycles. The molecule has 0 aliphatic rings. The summed E-state index contributed by atoms with van der Waals surface area (Å²) in [5.74, 6) is 1.06. The van der Waals surface area contributed by atoms with E-state index in [4.69, 9.17) is 9.72 Å². The summed E-state index contributed by atoms with van der Waals surface area (Å²) >= 11 is 2.21. The summed E-state index contributed by atoms with van der Waals surface area (Å²) in [6.45, 7) is 0.524. The first-order valence-electron chi connectivity index (χ1n) is 9.84. The number of phenols is 1. The van der Waals surface area contributed by atoms with E-state index < -0.39 is 0 Å². The van der Waals surface area contributed by atoms with E-state index in [0.717, 1.165) is 21.1 Å². The van der Waals surface area contributed by atoms with Crippen LogP contribution in [0.4, 0.5) is 0 Å². The van der Waals surface area contributed by atoms with Crippen molar-refractivity contribution in [3.05, 3.63) is 97.6 Å². The molecule has 0 bridgehead atoms. The lowest BCUT2D eigenvalue weighted by atomic mass is 10.1. The SMILES string of the molecule is COc1cc(/C=C/c2nc3ccc(I)cc3c(=O)n2CCc2ccccc2)ccc1O. The second kappa shape index (κ2) is 9.34. The molecule has 0 saturated carbocycles. The number of phenolic OH excluding ortho intramolecular Hbond substituents is 1. The van der Waals surface area contributed by atoms with Gasteiger partial charge in [0.1, 0.15) is 5.82 Å². The van der Waals surface area contributed by atoms with Crippen LogP contribution in [0.25, 0.3) is 23.1 Å². The summed E-state index contributed by atoms with van der Waals surface area (Å²) in [7, 11) is 1.51. The van der Waals surface area contributed by atoms with Crippen LogP contribution >= 0.6 is 22.6 Å². The van der Waals surface area contributed by atoms with Crippen molar-refractivity contribution in [1.29, 1.82) is 0 Å². The number of aromatic hydroxyl groups is 1.